The first-order chi connectivity index (χ1) is 9.83. The van der Waals surface area contributed by atoms with Gasteiger partial charge in [-0.3, -0.25) is 0 Å². The minimum Gasteiger partial charge on any atom is -0.381 e. The number of fused-ring (bicyclic) bond motifs is 1. The van der Waals surface area contributed by atoms with E-state index in [-0.39, 0.29) is 0 Å². The van der Waals surface area contributed by atoms with Crippen molar-refractivity contribution in [1.82, 2.24) is 9.97 Å². The van der Waals surface area contributed by atoms with Gasteiger partial charge in [0.1, 0.15) is 12.1 Å². The van der Waals surface area contributed by atoms with Crippen molar-refractivity contribution in [3.8, 4) is 0 Å². The Labute approximate surface area is 120 Å². The Morgan fingerprint density at radius 3 is 3.00 bits per heavy atom. The molecule has 3 rings (SSSR count). The van der Waals surface area contributed by atoms with Crippen LogP contribution in [0.3, 0.4) is 0 Å². The highest BCUT2D eigenvalue weighted by Crippen LogP contribution is 2.31. The second-order valence-electron chi connectivity index (χ2n) is 5.79. The summed E-state index contributed by atoms with van der Waals surface area (Å²) in [7, 11) is 1.79. The number of piperidine rings is 1. The maximum atomic E-state index is 5.98. The number of anilines is 1. The molecule has 0 amide bonds. The molecule has 20 heavy (non-hydrogen) atoms. The van der Waals surface area contributed by atoms with Gasteiger partial charge >= 0.3 is 0 Å². The molecule has 1 aliphatic heterocycles. The Bertz CT molecular complexity index is 465. The SMILES string of the molecule is COC1CCN(c2ncnc3c2CCCC3)C(CN)C1. The number of aromatic nitrogens is 2. The third-order valence-corrected chi connectivity index (χ3v) is 4.65. The molecular weight excluding hydrogens is 252 g/mol. The van der Waals surface area contributed by atoms with E-state index in [9.17, 15) is 0 Å². The first kappa shape index (κ1) is 13.8. The number of hydrogen-bond acceptors (Lipinski definition) is 5. The zero-order chi connectivity index (χ0) is 13.9. The van der Waals surface area contributed by atoms with E-state index in [0.717, 1.165) is 38.0 Å². The van der Waals surface area contributed by atoms with E-state index in [1.54, 1.807) is 13.4 Å². The van der Waals surface area contributed by atoms with Gasteiger partial charge in [-0.1, -0.05) is 0 Å². The van der Waals surface area contributed by atoms with E-state index >= 15 is 0 Å². The number of hydrogen-bond donors (Lipinski definition) is 1. The van der Waals surface area contributed by atoms with E-state index in [1.165, 1.54) is 24.1 Å². The van der Waals surface area contributed by atoms with Crippen molar-refractivity contribution >= 4 is 5.82 Å². The smallest absolute Gasteiger partial charge is 0.135 e. The number of nitrogens with zero attached hydrogens (tertiary/aromatic N) is 3. The third kappa shape index (κ3) is 2.52. The molecule has 2 unspecified atom stereocenters. The summed E-state index contributed by atoms with van der Waals surface area (Å²) in [6.07, 6.45) is 8.77. The molecule has 110 valence electrons. The lowest BCUT2D eigenvalue weighted by Gasteiger charge is -2.40. The number of nitrogens with two attached hydrogens (primary N) is 1. The Hall–Kier alpha value is -1.20. The molecule has 5 heteroatoms. The predicted octanol–water partition coefficient (Wildman–Crippen LogP) is 1.30. The molecule has 0 radical (unpaired) electrons. The molecule has 2 heterocycles. The zero-order valence-corrected chi connectivity index (χ0v) is 12.2. The van der Waals surface area contributed by atoms with Gasteiger partial charge in [0.05, 0.1) is 6.10 Å². The molecule has 1 aliphatic carbocycles. The number of ether oxygens (including phenoxy) is 1. The maximum Gasteiger partial charge on any atom is 0.135 e. The molecule has 1 aromatic rings. The standard InChI is InChI=1S/C15H24N4O/c1-20-12-6-7-19(11(8-12)9-16)15-13-4-2-3-5-14(13)17-10-18-15/h10-12H,2-9,16H2,1H3. The summed E-state index contributed by atoms with van der Waals surface area (Å²) in [5, 5.41) is 0. The van der Waals surface area contributed by atoms with Gasteiger partial charge in [-0.15, -0.1) is 0 Å². The molecule has 1 fully saturated rings. The van der Waals surface area contributed by atoms with Crippen LogP contribution >= 0.6 is 0 Å². The second-order valence-corrected chi connectivity index (χ2v) is 5.79. The molecular formula is C15H24N4O. The molecule has 1 saturated heterocycles. The fourth-order valence-corrected chi connectivity index (χ4v) is 3.48. The van der Waals surface area contributed by atoms with E-state index in [1.807, 2.05) is 0 Å². The molecule has 1 aromatic heterocycles. The van der Waals surface area contributed by atoms with Gasteiger partial charge in [-0.2, -0.15) is 0 Å². The average molecular weight is 276 g/mol. The molecule has 0 aromatic carbocycles. The van der Waals surface area contributed by atoms with Crippen molar-refractivity contribution in [2.24, 2.45) is 5.73 Å². The van der Waals surface area contributed by atoms with E-state index in [2.05, 4.69) is 14.9 Å². The summed E-state index contributed by atoms with van der Waals surface area (Å²) in [6, 6.07) is 0.328. The second kappa shape index (κ2) is 6.06. The van der Waals surface area contributed by atoms with Crippen molar-refractivity contribution in [2.45, 2.75) is 50.7 Å². The Kier molecular flexibility index (Phi) is 4.17. The fourth-order valence-electron chi connectivity index (χ4n) is 3.48. The summed E-state index contributed by atoms with van der Waals surface area (Å²) in [6.45, 7) is 1.63. The molecule has 2 N–H and O–H groups in total. The average Bonchev–Trinajstić information content (AvgIpc) is 2.53. The van der Waals surface area contributed by atoms with Gasteiger partial charge in [0.15, 0.2) is 0 Å². The monoisotopic (exact) mass is 276 g/mol. The number of aryl methyl sites for hydroxylation is 1. The highest BCUT2D eigenvalue weighted by Gasteiger charge is 2.30. The normalized spacial score (nSPS) is 26.4. The van der Waals surface area contributed by atoms with E-state index in [4.69, 9.17) is 10.5 Å². The summed E-state index contributed by atoms with van der Waals surface area (Å²) in [5.74, 6) is 1.12. The first-order valence-corrected chi connectivity index (χ1v) is 7.65. The van der Waals surface area contributed by atoms with Gasteiger partial charge < -0.3 is 15.4 Å². The lowest BCUT2D eigenvalue weighted by molar-refractivity contribution is 0.0707. The van der Waals surface area contributed by atoms with Crippen LogP contribution in [0.5, 0.6) is 0 Å². The maximum absolute atomic E-state index is 5.98. The lowest BCUT2D eigenvalue weighted by Crippen LogP contribution is -2.49. The fraction of sp³-hybridized carbons (Fsp3) is 0.733. The van der Waals surface area contributed by atoms with Crippen LogP contribution in [-0.2, 0) is 17.6 Å². The zero-order valence-electron chi connectivity index (χ0n) is 12.2. The Morgan fingerprint density at radius 2 is 2.20 bits per heavy atom. The molecule has 0 bridgehead atoms. The van der Waals surface area contributed by atoms with E-state index in [0.29, 0.717) is 18.7 Å². The van der Waals surface area contributed by atoms with Crippen LogP contribution in [0.25, 0.3) is 0 Å². The molecule has 0 saturated carbocycles. The van der Waals surface area contributed by atoms with Crippen LogP contribution in [-0.4, -0.2) is 42.3 Å². The highest BCUT2D eigenvalue weighted by molar-refractivity contribution is 5.51. The van der Waals surface area contributed by atoms with Crippen LogP contribution in [0.1, 0.15) is 36.9 Å². The van der Waals surface area contributed by atoms with E-state index < -0.39 is 0 Å². The quantitative estimate of drug-likeness (QED) is 0.901. The van der Waals surface area contributed by atoms with Crippen molar-refractivity contribution in [3.05, 3.63) is 17.6 Å². The van der Waals surface area contributed by atoms with Crippen molar-refractivity contribution in [3.63, 3.8) is 0 Å². The Morgan fingerprint density at radius 1 is 1.35 bits per heavy atom. The van der Waals surface area contributed by atoms with Crippen molar-refractivity contribution in [1.29, 1.82) is 0 Å². The topological polar surface area (TPSA) is 64.3 Å². The lowest BCUT2D eigenvalue weighted by atomic mass is 9.94. The molecule has 2 aliphatic rings. The minimum absolute atomic E-state index is 0.328. The summed E-state index contributed by atoms with van der Waals surface area (Å²) in [4.78, 5) is 11.4. The first-order valence-electron chi connectivity index (χ1n) is 7.65. The van der Waals surface area contributed by atoms with Crippen molar-refractivity contribution < 1.29 is 4.74 Å². The third-order valence-electron chi connectivity index (χ3n) is 4.65. The van der Waals surface area contributed by atoms with Crippen LogP contribution in [0.2, 0.25) is 0 Å². The van der Waals surface area contributed by atoms with Gasteiger partial charge in [0.2, 0.25) is 0 Å². The minimum atomic E-state index is 0.328. The largest absolute Gasteiger partial charge is 0.381 e. The molecule has 5 nitrogen and oxygen atoms in total. The Balaban J connectivity index is 1.88. The van der Waals surface area contributed by atoms with Crippen molar-refractivity contribution in [2.75, 3.05) is 25.1 Å². The van der Waals surface area contributed by atoms with Gasteiger partial charge in [-0.25, -0.2) is 9.97 Å². The number of rotatable bonds is 3. The number of methoxy groups -OCH3 is 1. The van der Waals surface area contributed by atoms with Crippen LogP contribution in [0, 0.1) is 0 Å². The van der Waals surface area contributed by atoms with Crippen LogP contribution < -0.4 is 10.6 Å². The van der Waals surface area contributed by atoms with Crippen LogP contribution in [0.4, 0.5) is 5.82 Å². The highest BCUT2D eigenvalue weighted by atomic mass is 16.5. The van der Waals surface area contributed by atoms with Gasteiger partial charge in [0, 0.05) is 37.5 Å². The summed E-state index contributed by atoms with van der Waals surface area (Å²) in [5.41, 5.74) is 8.58. The van der Waals surface area contributed by atoms with Gasteiger partial charge in [-0.05, 0) is 38.5 Å². The summed E-state index contributed by atoms with van der Waals surface area (Å²) < 4.78 is 5.51. The molecule has 2 atom stereocenters. The molecule has 0 spiro atoms. The predicted molar refractivity (Wildman–Crippen MR) is 78.9 cm³/mol. The van der Waals surface area contributed by atoms with Crippen LogP contribution in [0.15, 0.2) is 6.33 Å². The van der Waals surface area contributed by atoms with Gasteiger partial charge in [0.25, 0.3) is 0 Å². The summed E-state index contributed by atoms with van der Waals surface area (Å²) >= 11 is 0.